The molecule has 0 saturated carbocycles. The van der Waals surface area contributed by atoms with E-state index in [1.807, 2.05) is 29.6 Å². The van der Waals surface area contributed by atoms with Gasteiger partial charge in [-0.1, -0.05) is 32.0 Å². The molecule has 2 rings (SSSR count). The number of primary amides is 1. The molecule has 7 heteroatoms. The van der Waals surface area contributed by atoms with Crippen LogP contribution in [0.3, 0.4) is 0 Å². The number of fused-ring (bicyclic) bond motifs is 1. The van der Waals surface area contributed by atoms with Crippen molar-refractivity contribution < 1.29 is 19.1 Å². The molecule has 3 amide bonds. The third-order valence-electron chi connectivity index (χ3n) is 3.09. The van der Waals surface area contributed by atoms with Gasteiger partial charge in [-0.2, -0.15) is 0 Å². The normalized spacial score (nSPS) is 12.1. The summed E-state index contributed by atoms with van der Waals surface area (Å²) >= 11 is 0. The van der Waals surface area contributed by atoms with Crippen LogP contribution in [0.2, 0.25) is 0 Å². The molecule has 2 aromatic rings. The molecule has 0 spiro atoms. The minimum atomic E-state index is -1.11. The van der Waals surface area contributed by atoms with Crippen molar-refractivity contribution in [1.82, 2.24) is 10.3 Å². The van der Waals surface area contributed by atoms with Gasteiger partial charge in [0.05, 0.1) is 0 Å². The largest absolute Gasteiger partial charge is 0.447 e. The van der Waals surface area contributed by atoms with Gasteiger partial charge in [-0.25, -0.2) is 9.59 Å². The molecule has 0 fully saturated rings. The number of benzene rings is 1. The molecule has 0 bridgehead atoms. The zero-order chi connectivity index (χ0) is 16.3. The molecule has 7 nitrogen and oxygen atoms in total. The van der Waals surface area contributed by atoms with E-state index in [-0.39, 0.29) is 11.6 Å². The molecule has 1 heterocycles. The van der Waals surface area contributed by atoms with E-state index in [4.69, 9.17) is 10.5 Å². The number of aromatic nitrogens is 1. The number of nitrogens with two attached hydrogens (primary N) is 1. The highest BCUT2D eigenvalue weighted by Gasteiger charge is 2.28. The molecular weight excluding hydrogens is 286 g/mol. The third kappa shape index (κ3) is 3.43. The number of urea groups is 1. The first-order valence-corrected chi connectivity index (χ1v) is 6.77. The summed E-state index contributed by atoms with van der Waals surface area (Å²) in [5.41, 5.74) is 5.93. The van der Waals surface area contributed by atoms with Crippen LogP contribution < -0.4 is 11.1 Å². The van der Waals surface area contributed by atoms with E-state index in [0.29, 0.717) is 0 Å². The van der Waals surface area contributed by atoms with Crippen molar-refractivity contribution in [1.29, 1.82) is 0 Å². The summed E-state index contributed by atoms with van der Waals surface area (Å²) in [5, 5.41) is 2.78. The van der Waals surface area contributed by atoms with Gasteiger partial charge in [0.15, 0.2) is 6.10 Å². The monoisotopic (exact) mass is 303 g/mol. The van der Waals surface area contributed by atoms with Gasteiger partial charge in [-0.05, 0) is 18.1 Å². The van der Waals surface area contributed by atoms with Crippen LogP contribution in [-0.2, 0) is 9.53 Å². The Labute approximate surface area is 126 Å². The molecule has 22 heavy (non-hydrogen) atoms. The maximum atomic E-state index is 12.2. The van der Waals surface area contributed by atoms with Crippen molar-refractivity contribution in [3.63, 3.8) is 0 Å². The highest BCUT2D eigenvalue weighted by molar-refractivity contribution is 5.99. The molecule has 0 aliphatic carbocycles. The van der Waals surface area contributed by atoms with Crippen LogP contribution in [0.25, 0.3) is 10.9 Å². The summed E-state index contributed by atoms with van der Waals surface area (Å²) < 4.78 is 5.20. The van der Waals surface area contributed by atoms with E-state index in [1.165, 1.54) is 0 Å². The third-order valence-corrected chi connectivity index (χ3v) is 3.09. The fourth-order valence-electron chi connectivity index (χ4n) is 2.05. The predicted octanol–water partition coefficient (Wildman–Crippen LogP) is 1.54. The average molecular weight is 303 g/mol. The molecule has 0 aliphatic rings. The van der Waals surface area contributed by atoms with Crippen molar-refractivity contribution in [2.24, 2.45) is 11.7 Å². The van der Waals surface area contributed by atoms with E-state index < -0.39 is 24.0 Å². The second kappa shape index (κ2) is 6.30. The van der Waals surface area contributed by atoms with E-state index in [0.717, 1.165) is 10.9 Å². The van der Waals surface area contributed by atoms with Crippen LogP contribution in [0.5, 0.6) is 0 Å². The van der Waals surface area contributed by atoms with Gasteiger partial charge in [0.2, 0.25) is 0 Å². The van der Waals surface area contributed by atoms with Gasteiger partial charge >= 0.3 is 12.0 Å². The van der Waals surface area contributed by atoms with Crippen molar-refractivity contribution >= 4 is 28.8 Å². The Kier molecular flexibility index (Phi) is 4.45. The van der Waals surface area contributed by atoms with Crippen LogP contribution >= 0.6 is 0 Å². The second-order valence-corrected chi connectivity index (χ2v) is 5.19. The molecule has 0 saturated heterocycles. The first-order valence-electron chi connectivity index (χ1n) is 6.77. The van der Waals surface area contributed by atoms with Crippen LogP contribution in [0.15, 0.2) is 30.3 Å². The number of ether oxygens (including phenoxy) is 1. The molecular formula is C15H17N3O4. The smallest absolute Gasteiger partial charge is 0.355 e. The first kappa shape index (κ1) is 15.6. The molecule has 4 N–H and O–H groups in total. The number of H-pyrrole nitrogens is 1. The van der Waals surface area contributed by atoms with E-state index >= 15 is 0 Å². The van der Waals surface area contributed by atoms with Crippen molar-refractivity contribution in [3.05, 3.63) is 36.0 Å². The lowest BCUT2D eigenvalue weighted by Gasteiger charge is -2.19. The van der Waals surface area contributed by atoms with Gasteiger partial charge < -0.3 is 15.5 Å². The van der Waals surface area contributed by atoms with Gasteiger partial charge in [0.1, 0.15) is 5.69 Å². The number of imide groups is 1. The Balaban J connectivity index is 2.17. The second-order valence-electron chi connectivity index (χ2n) is 5.19. The van der Waals surface area contributed by atoms with Gasteiger partial charge in [-0.3, -0.25) is 10.1 Å². The quantitative estimate of drug-likeness (QED) is 0.743. The SMILES string of the molecule is CC(C)C(OC(=O)c1cc2ccccc2[nH]1)C(=O)NC(N)=O. The van der Waals surface area contributed by atoms with Gasteiger partial charge in [-0.15, -0.1) is 0 Å². The number of carbonyl (C=O) groups is 3. The molecule has 0 aliphatic heterocycles. The Morgan fingerprint density at radius 1 is 1.23 bits per heavy atom. The molecule has 116 valence electrons. The fourth-order valence-corrected chi connectivity index (χ4v) is 2.05. The lowest BCUT2D eigenvalue weighted by atomic mass is 10.1. The Hall–Kier alpha value is -2.83. The Morgan fingerprint density at radius 3 is 2.50 bits per heavy atom. The molecule has 1 aromatic heterocycles. The summed E-state index contributed by atoms with van der Waals surface area (Å²) in [6, 6.07) is 8.01. The maximum Gasteiger partial charge on any atom is 0.355 e. The van der Waals surface area contributed by atoms with Crippen molar-refractivity contribution in [2.75, 3.05) is 0 Å². The van der Waals surface area contributed by atoms with Crippen LogP contribution in [0, 0.1) is 5.92 Å². The molecule has 1 aromatic carbocycles. The minimum Gasteiger partial charge on any atom is -0.447 e. The Bertz CT molecular complexity index is 687. The van der Waals surface area contributed by atoms with E-state index in [1.54, 1.807) is 19.9 Å². The summed E-state index contributed by atoms with van der Waals surface area (Å²) in [6.45, 7) is 3.40. The standard InChI is InChI=1S/C15H17N3O4/c1-8(2)12(13(19)18-15(16)21)22-14(20)11-7-9-5-3-4-6-10(9)17-11/h3-8,12,17H,1-2H3,(H3,16,18,19,21). The average Bonchev–Trinajstić information content (AvgIpc) is 2.87. The number of amides is 3. The summed E-state index contributed by atoms with van der Waals surface area (Å²) in [7, 11) is 0. The molecule has 1 atom stereocenters. The van der Waals surface area contributed by atoms with Crippen molar-refractivity contribution in [3.8, 4) is 0 Å². The van der Waals surface area contributed by atoms with Crippen LogP contribution in [-0.4, -0.2) is 29.0 Å². The number of carbonyl (C=O) groups excluding carboxylic acids is 3. The first-order chi connectivity index (χ1) is 10.4. The van der Waals surface area contributed by atoms with E-state index in [2.05, 4.69) is 4.98 Å². The Morgan fingerprint density at radius 2 is 1.91 bits per heavy atom. The van der Waals surface area contributed by atoms with Crippen molar-refractivity contribution in [2.45, 2.75) is 20.0 Å². The number of hydrogen-bond acceptors (Lipinski definition) is 4. The number of aromatic amines is 1. The summed E-state index contributed by atoms with van der Waals surface area (Å²) in [5.74, 6) is -1.73. The molecule has 0 radical (unpaired) electrons. The molecule has 1 unspecified atom stereocenters. The highest BCUT2D eigenvalue weighted by atomic mass is 16.5. The zero-order valence-corrected chi connectivity index (χ0v) is 12.3. The number of para-hydroxylation sites is 1. The number of rotatable bonds is 4. The lowest BCUT2D eigenvalue weighted by molar-refractivity contribution is -0.130. The number of hydrogen-bond donors (Lipinski definition) is 3. The van der Waals surface area contributed by atoms with E-state index in [9.17, 15) is 14.4 Å². The van der Waals surface area contributed by atoms with Gasteiger partial charge in [0.25, 0.3) is 5.91 Å². The summed E-state index contributed by atoms with van der Waals surface area (Å²) in [6.07, 6.45) is -1.11. The number of nitrogens with one attached hydrogen (secondary N) is 2. The van der Waals surface area contributed by atoms with Crippen LogP contribution in [0.4, 0.5) is 4.79 Å². The maximum absolute atomic E-state index is 12.2. The minimum absolute atomic E-state index is 0.235. The number of esters is 1. The predicted molar refractivity (Wildman–Crippen MR) is 80.1 cm³/mol. The van der Waals surface area contributed by atoms with Crippen LogP contribution in [0.1, 0.15) is 24.3 Å². The van der Waals surface area contributed by atoms with Gasteiger partial charge in [0, 0.05) is 10.9 Å². The zero-order valence-electron chi connectivity index (χ0n) is 12.3. The summed E-state index contributed by atoms with van der Waals surface area (Å²) in [4.78, 5) is 37.7. The highest BCUT2D eigenvalue weighted by Crippen LogP contribution is 2.17. The topological polar surface area (TPSA) is 114 Å². The lowest BCUT2D eigenvalue weighted by Crippen LogP contribution is -2.45. The fraction of sp³-hybridized carbons (Fsp3) is 0.267.